The molecule has 1 heterocycles. The third-order valence-electron chi connectivity index (χ3n) is 4.28. The van der Waals surface area contributed by atoms with Gasteiger partial charge in [0.25, 0.3) is 0 Å². The highest BCUT2D eigenvalue weighted by molar-refractivity contribution is 5.19. The zero-order valence-electron chi connectivity index (χ0n) is 13.3. The largest absolute Gasteiger partial charge is 0.313 e. The Morgan fingerprint density at radius 2 is 2.00 bits per heavy atom. The monoisotopic (exact) mass is 274 g/mol. The van der Waals surface area contributed by atoms with Gasteiger partial charge in [-0.1, -0.05) is 51.1 Å². The first-order valence-electron chi connectivity index (χ1n) is 8.23. The number of hydrogen-bond donors (Lipinski definition) is 1. The molecule has 2 atom stereocenters. The molecule has 0 bridgehead atoms. The van der Waals surface area contributed by atoms with Crippen molar-refractivity contribution in [3.63, 3.8) is 0 Å². The molecular weight excluding hydrogens is 244 g/mol. The molecule has 1 aliphatic heterocycles. The second-order valence-electron chi connectivity index (χ2n) is 6.46. The first kappa shape index (κ1) is 15.5. The van der Waals surface area contributed by atoms with Crippen LogP contribution in [0.15, 0.2) is 30.3 Å². The predicted molar refractivity (Wildman–Crippen MR) is 86.9 cm³/mol. The molecule has 0 spiro atoms. The summed E-state index contributed by atoms with van der Waals surface area (Å²) in [6, 6.07) is 12.2. The molecule has 1 N–H and O–H groups in total. The maximum Gasteiger partial charge on any atom is 0.0346 e. The molecule has 0 aliphatic carbocycles. The molecule has 2 nitrogen and oxygen atoms in total. The zero-order valence-corrected chi connectivity index (χ0v) is 13.3. The Hall–Kier alpha value is -0.860. The Morgan fingerprint density at radius 3 is 2.65 bits per heavy atom. The van der Waals surface area contributed by atoms with Gasteiger partial charge >= 0.3 is 0 Å². The molecule has 1 aromatic carbocycles. The molecule has 2 heteroatoms. The predicted octanol–water partition coefficient (Wildman–Crippen LogP) is 3.85. The lowest BCUT2D eigenvalue weighted by molar-refractivity contribution is 0.182. The van der Waals surface area contributed by atoms with Crippen molar-refractivity contribution in [2.24, 2.45) is 5.92 Å². The van der Waals surface area contributed by atoms with Crippen LogP contribution in [-0.2, 0) is 0 Å². The molecule has 20 heavy (non-hydrogen) atoms. The lowest BCUT2D eigenvalue weighted by atomic mass is 10.00. The van der Waals surface area contributed by atoms with Gasteiger partial charge in [0.2, 0.25) is 0 Å². The fourth-order valence-electron chi connectivity index (χ4n) is 3.42. The minimum absolute atomic E-state index is 0.575. The minimum Gasteiger partial charge on any atom is -0.313 e. The van der Waals surface area contributed by atoms with Gasteiger partial charge in [0.1, 0.15) is 0 Å². The Bertz CT molecular complexity index is 374. The van der Waals surface area contributed by atoms with Crippen LogP contribution in [0.4, 0.5) is 0 Å². The quantitative estimate of drug-likeness (QED) is 0.877. The van der Waals surface area contributed by atoms with Crippen molar-refractivity contribution >= 4 is 0 Å². The number of nitrogens with one attached hydrogen (secondary N) is 1. The van der Waals surface area contributed by atoms with Crippen LogP contribution in [0.2, 0.25) is 0 Å². The molecular formula is C18H30N2. The minimum atomic E-state index is 0.575. The third-order valence-corrected chi connectivity index (χ3v) is 4.28. The smallest absolute Gasteiger partial charge is 0.0346 e. The van der Waals surface area contributed by atoms with Crippen molar-refractivity contribution in [3.05, 3.63) is 35.9 Å². The van der Waals surface area contributed by atoms with E-state index < -0.39 is 0 Å². The lowest BCUT2D eigenvalue weighted by Gasteiger charge is -2.32. The molecule has 1 saturated heterocycles. The van der Waals surface area contributed by atoms with Crippen molar-refractivity contribution in [2.45, 2.75) is 52.1 Å². The van der Waals surface area contributed by atoms with Gasteiger partial charge in [-0.3, -0.25) is 4.90 Å². The van der Waals surface area contributed by atoms with Crippen LogP contribution in [0.5, 0.6) is 0 Å². The summed E-state index contributed by atoms with van der Waals surface area (Å²) in [6.07, 6.45) is 3.73. The summed E-state index contributed by atoms with van der Waals surface area (Å²) in [7, 11) is 0. The highest BCUT2D eigenvalue weighted by atomic mass is 15.2. The van der Waals surface area contributed by atoms with E-state index >= 15 is 0 Å². The SMILES string of the molecule is CCC(c1ccccc1)N1CCCNC(CC(C)C)C1. The average Bonchev–Trinajstić information content (AvgIpc) is 2.66. The maximum absolute atomic E-state index is 3.73. The van der Waals surface area contributed by atoms with Crippen LogP contribution in [0.3, 0.4) is 0 Å². The molecule has 0 radical (unpaired) electrons. The van der Waals surface area contributed by atoms with E-state index in [1.807, 2.05) is 0 Å². The molecule has 1 aliphatic rings. The van der Waals surface area contributed by atoms with Crippen LogP contribution in [0.1, 0.15) is 51.6 Å². The standard InChI is InChI=1S/C18H30N2/c1-4-18(16-9-6-5-7-10-16)20-12-8-11-19-17(14-20)13-15(2)3/h5-7,9-10,15,17-19H,4,8,11-14H2,1-3H3. The number of rotatable bonds is 5. The summed E-state index contributed by atoms with van der Waals surface area (Å²) in [4.78, 5) is 2.70. The number of hydrogen-bond acceptors (Lipinski definition) is 2. The number of benzene rings is 1. The van der Waals surface area contributed by atoms with Gasteiger partial charge in [0, 0.05) is 25.2 Å². The Labute approximate surface area is 124 Å². The van der Waals surface area contributed by atoms with Crippen molar-refractivity contribution in [1.29, 1.82) is 0 Å². The Morgan fingerprint density at radius 1 is 1.25 bits per heavy atom. The van der Waals surface area contributed by atoms with E-state index in [0.29, 0.717) is 12.1 Å². The van der Waals surface area contributed by atoms with Crippen LogP contribution < -0.4 is 5.32 Å². The summed E-state index contributed by atoms with van der Waals surface area (Å²) in [6.45, 7) is 10.5. The Kier molecular flexibility index (Phi) is 6.06. The second-order valence-corrected chi connectivity index (χ2v) is 6.46. The fourth-order valence-corrected chi connectivity index (χ4v) is 3.42. The molecule has 2 rings (SSSR count). The van der Waals surface area contributed by atoms with Crippen molar-refractivity contribution in [3.8, 4) is 0 Å². The van der Waals surface area contributed by atoms with Crippen LogP contribution in [0.25, 0.3) is 0 Å². The van der Waals surface area contributed by atoms with Gasteiger partial charge in [-0.2, -0.15) is 0 Å². The first-order chi connectivity index (χ1) is 9.70. The number of nitrogens with zero attached hydrogens (tertiary/aromatic N) is 1. The third kappa shape index (κ3) is 4.32. The van der Waals surface area contributed by atoms with E-state index in [-0.39, 0.29) is 0 Å². The molecule has 112 valence electrons. The van der Waals surface area contributed by atoms with E-state index in [0.717, 1.165) is 5.92 Å². The summed E-state index contributed by atoms with van der Waals surface area (Å²) in [5.41, 5.74) is 1.47. The van der Waals surface area contributed by atoms with Crippen molar-refractivity contribution in [1.82, 2.24) is 10.2 Å². The normalized spacial score (nSPS) is 22.7. The van der Waals surface area contributed by atoms with Crippen LogP contribution in [0, 0.1) is 5.92 Å². The van der Waals surface area contributed by atoms with E-state index in [1.54, 1.807) is 0 Å². The topological polar surface area (TPSA) is 15.3 Å². The highest BCUT2D eigenvalue weighted by Gasteiger charge is 2.24. The van der Waals surface area contributed by atoms with Gasteiger partial charge in [-0.05, 0) is 37.3 Å². The van der Waals surface area contributed by atoms with E-state index in [9.17, 15) is 0 Å². The van der Waals surface area contributed by atoms with Crippen LogP contribution >= 0.6 is 0 Å². The van der Waals surface area contributed by atoms with E-state index in [1.165, 1.54) is 44.5 Å². The average molecular weight is 274 g/mol. The first-order valence-corrected chi connectivity index (χ1v) is 8.23. The van der Waals surface area contributed by atoms with Gasteiger partial charge in [-0.25, -0.2) is 0 Å². The lowest BCUT2D eigenvalue weighted by Crippen LogP contribution is -2.40. The fraction of sp³-hybridized carbons (Fsp3) is 0.667. The zero-order chi connectivity index (χ0) is 14.4. The molecule has 0 amide bonds. The van der Waals surface area contributed by atoms with E-state index in [2.05, 4.69) is 61.3 Å². The summed E-state index contributed by atoms with van der Waals surface area (Å²) in [5.74, 6) is 0.768. The van der Waals surface area contributed by atoms with Crippen molar-refractivity contribution < 1.29 is 0 Å². The van der Waals surface area contributed by atoms with Gasteiger partial charge in [0.05, 0.1) is 0 Å². The van der Waals surface area contributed by atoms with Gasteiger partial charge < -0.3 is 5.32 Å². The molecule has 1 fully saturated rings. The molecule has 1 aromatic rings. The Balaban J connectivity index is 2.07. The summed E-state index contributed by atoms with van der Waals surface area (Å²) >= 11 is 0. The molecule has 0 saturated carbocycles. The maximum atomic E-state index is 3.73. The summed E-state index contributed by atoms with van der Waals surface area (Å²) < 4.78 is 0. The van der Waals surface area contributed by atoms with Crippen molar-refractivity contribution in [2.75, 3.05) is 19.6 Å². The summed E-state index contributed by atoms with van der Waals surface area (Å²) in [5, 5.41) is 3.73. The van der Waals surface area contributed by atoms with E-state index in [4.69, 9.17) is 0 Å². The van der Waals surface area contributed by atoms with Crippen LogP contribution in [-0.4, -0.2) is 30.6 Å². The second kappa shape index (κ2) is 7.80. The molecule has 2 unspecified atom stereocenters. The van der Waals surface area contributed by atoms with Gasteiger partial charge in [-0.15, -0.1) is 0 Å². The highest BCUT2D eigenvalue weighted by Crippen LogP contribution is 2.26. The molecule has 0 aromatic heterocycles. The van der Waals surface area contributed by atoms with Gasteiger partial charge in [0.15, 0.2) is 0 Å².